The smallest absolute Gasteiger partial charge is 0.234 e. The predicted molar refractivity (Wildman–Crippen MR) is 114 cm³/mol. The van der Waals surface area contributed by atoms with E-state index in [0.717, 1.165) is 29.6 Å². The predicted octanol–water partition coefficient (Wildman–Crippen LogP) is 4.55. The first kappa shape index (κ1) is 22.2. The van der Waals surface area contributed by atoms with Crippen LogP contribution < -0.4 is 5.32 Å². The summed E-state index contributed by atoms with van der Waals surface area (Å²) in [6.45, 7) is 1.99. The molecule has 3 rings (SSSR count). The van der Waals surface area contributed by atoms with Crippen molar-refractivity contribution < 1.29 is 13.6 Å². The van der Waals surface area contributed by atoms with E-state index in [-0.39, 0.29) is 17.5 Å². The molecule has 3 aromatic rings. The second-order valence-electron chi connectivity index (χ2n) is 6.75. The van der Waals surface area contributed by atoms with Crippen molar-refractivity contribution >= 4 is 35.0 Å². The van der Waals surface area contributed by atoms with Crippen LogP contribution in [0.3, 0.4) is 0 Å². The number of amides is 1. The Kier molecular flexibility index (Phi) is 7.06. The van der Waals surface area contributed by atoms with Crippen molar-refractivity contribution in [3.05, 3.63) is 64.9 Å². The summed E-state index contributed by atoms with van der Waals surface area (Å²) in [6.07, 6.45) is 0. The van der Waals surface area contributed by atoms with Crippen LogP contribution in [0.5, 0.6) is 0 Å². The Balaban J connectivity index is 1.81. The lowest BCUT2D eigenvalue weighted by Gasteiger charge is -2.20. The molecule has 0 aliphatic rings. The Hall–Kier alpha value is -2.49. The second-order valence-corrected chi connectivity index (χ2v) is 8.13. The fourth-order valence-electron chi connectivity index (χ4n) is 2.62. The van der Waals surface area contributed by atoms with Crippen LogP contribution in [0.1, 0.15) is 18.8 Å². The Morgan fingerprint density at radius 2 is 1.90 bits per heavy atom. The van der Waals surface area contributed by atoms with Crippen LogP contribution in [-0.2, 0) is 4.79 Å². The average Bonchev–Trinajstić information content (AvgIpc) is 3.12. The second kappa shape index (κ2) is 9.55. The minimum Gasteiger partial charge on any atom is -0.323 e. The lowest BCUT2D eigenvalue weighted by atomic mass is 10.2. The van der Waals surface area contributed by atoms with Gasteiger partial charge in [-0.05, 0) is 57.4 Å². The van der Waals surface area contributed by atoms with Crippen molar-refractivity contribution in [1.29, 1.82) is 0 Å². The van der Waals surface area contributed by atoms with Gasteiger partial charge in [-0.15, -0.1) is 10.2 Å². The molecule has 1 heterocycles. The number of nitrogens with zero attached hydrogens (tertiary/aromatic N) is 4. The van der Waals surface area contributed by atoms with Gasteiger partial charge in [0.1, 0.15) is 11.6 Å². The summed E-state index contributed by atoms with van der Waals surface area (Å²) in [4.78, 5) is 14.3. The van der Waals surface area contributed by atoms with Gasteiger partial charge in [0.2, 0.25) is 5.91 Å². The number of rotatable bonds is 7. The van der Waals surface area contributed by atoms with Gasteiger partial charge in [0.25, 0.3) is 0 Å². The number of benzene rings is 2. The van der Waals surface area contributed by atoms with Gasteiger partial charge in [0.05, 0.1) is 17.5 Å². The maximum absolute atomic E-state index is 13.8. The largest absolute Gasteiger partial charge is 0.323 e. The van der Waals surface area contributed by atoms with Crippen LogP contribution in [0.2, 0.25) is 5.02 Å². The zero-order valence-corrected chi connectivity index (χ0v) is 18.1. The molecule has 0 saturated carbocycles. The van der Waals surface area contributed by atoms with Crippen molar-refractivity contribution in [2.75, 3.05) is 25.2 Å². The summed E-state index contributed by atoms with van der Waals surface area (Å²) >= 11 is 7.17. The molecule has 158 valence electrons. The molecule has 1 unspecified atom stereocenters. The van der Waals surface area contributed by atoms with Crippen molar-refractivity contribution in [2.45, 2.75) is 18.1 Å². The molecule has 30 heavy (non-hydrogen) atoms. The van der Waals surface area contributed by atoms with Crippen molar-refractivity contribution in [1.82, 2.24) is 19.7 Å². The first-order valence-corrected chi connectivity index (χ1v) is 10.4. The molecule has 6 nitrogen and oxygen atoms in total. The Morgan fingerprint density at radius 3 is 2.53 bits per heavy atom. The lowest BCUT2D eigenvalue weighted by molar-refractivity contribution is -0.113. The number of carbonyl (C=O) groups is 1. The van der Waals surface area contributed by atoms with Gasteiger partial charge in [-0.1, -0.05) is 23.4 Å². The number of halogens is 3. The number of thioether (sulfide) groups is 1. The van der Waals surface area contributed by atoms with E-state index in [1.807, 2.05) is 42.6 Å². The molecule has 2 aromatic carbocycles. The fraction of sp³-hybridized carbons (Fsp3) is 0.250. The molecule has 1 amide bonds. The summed E-state index contributed by atoms with van der Waals surface area (Å²) in [5, 5.41) is 12.1. The Morgan fingerprint density at radius 1 is 1.20 bits per heavy atom. The van der Waals surface area contributed by atoms with E-state index in [4.69, 9.17) is 11.6 Å². The molecule has 0 spiro atoms. The van der Waals surface area contributed by atoms with Crippen LogP contribution in [0.4, 0.5) is 14.5 Å². The quantitative estimate of drug-likeness (QED) is 0.534. The highest BCUT2D eigenvalue weighted by Gasteiger charge is 2.21. The van der Waals surface area contributed by atoms with Crippen LogP contribution in [0.25, 0.3) is 5.69 Å². The third-order valence-corrected chi connectivity index (χ3v) is 5.61. The maximum Gasteiger partial charge on any atom is 0.234 e. The molecule has 1 N–H and O–H groups in total. The monoisotopic (exact) mass is 451 g/mol. The lowest BCUT2D eigenvalue weighted by Crippen LogP contribution is -2.21. The van der Waals surface area contributed by atoms with E-state index >= 15 is 0 Å². The van der Waals surface area contributed by atoms with Gasteiger partial charge in [-0.3, -0.25) is 14.3 Å². The van der Waals surface area contributed by atoms with Crippen molar-refractivity contribution in [3.63, 3.8) is 0 Å². The zero-order chi connectivity index (χ0) is 21.8. The van der Waals surface area contributed by atoms with E-state index in [9.17, 15) is 13.6 Å². The van der Waals surface area contributed by atoms with Crippen molar-refractivity contribution in [2.24, 2.45) is 0 Å². The topological polar surface area (TPSA) is 63.1 Å². The normalized spacial score (nSPS) is 12.2. The molecule has 10 heteroatoms. The molecule has 0 bridgehead atoms. The number of aromatic nitrogens is 3. The van der Waals surface area contributed by atoms with Crippen LogP contribution in [0.15, 0.2) is 47.6 Å². The van der Waals surface area contributed by atoms with Crippen LogP contribution in [0, 0.1) is 11.6 Å². The maximum atomic E-state index is 13.8. The van der Waals surface area contributed by atoms with E-state index in [1.54, 1.807) is 12.1 Å². The van der Waals surface area contributed by atoms with E-state index in [2.05, 4.69) is 15.5 Å². The SMILES string of the molecule is CC(c1nnc(SCC(=O)Nc2ccc(F)cc2F)n1-c1ccc(Cl)cc1)N(C)C. The van der Waals surface area contributed by atoms with E-state index < -0.39 is 17.5 Å². The Labute approximate surface area is 182 Å². The van der Waals surface area contributed by atoms with Crippen LogP contribution >= 0.6 is 23.4 Å². The van der Waals surface area contributed by atoms with Gasteiger partial charge in [-0.25, -0.2) is 8.78 Å². The van der Waals surface area contributed by atoms with Gasteiger partial charge in [-0.2, -0.15) is 0 Å². The molecule has 0 radical (unpaired) electrons. The molecule has 0 aliphatic carbocycles. The summed E-state index contributed by atoms with van der Waals surface area (Å²) in [5.74, 6) is -1.31. The summed E-state index contributed by atoms with van der Waals surface area (Å²) < 4.78 is 28.6. The molecule has 0 fully saturated rings. The minimum atomic E-state index is -0.834. The zero-order valence-electron chi connectivity index (χ0n) is 16.6. The third-order valence-electron chi connectivity index (χ3n) is 4.43. The highest BCUT2D eigenvalue weighted by Crippen LogP contribution is 2.27. The highest BCUT2D eigenvalue weighted by molar-refractivity contribution is 7.99. The first-order valence-electron chi connectivity index (χ1n) is 9.01. The minimum absolute atomic E-state index is 0.0289. The molecule has 1 atom stereocenters. The van der Waals surface area contributed by atoms with Crippen molar-refractivity contribution in [3.8, 4) is 5.69 Å². The van der Waals surface area contributed by atoms with E-state index in [0.29, 0.717) is 16.0 Å². The average molecular weight is 452 g/mol. The standard InChI is InChI=1S/C20H20ClF2N5OS/c1-12(27(2)3)19-25-26-20(28(19)15-7-4-13(21)5-8-15)30-11-18(29)24-17-9-6-14(22)10-16(17)23/h4-10,12H,11H2,1-3H3,(H,24,29). The number of hydrogen-bond donors (Lipinski definition) is 1. The highest BCUT2D eigenvalue weighted by atomic mass is 35.5. The van der Waals surface area contributed by atoms with Gasteiger partial charge < -0.3 is 5.32 Å². The summed E-state index contributed by atoms with van der Waals surface area (Å²) in [7, 11) is 3.87. The van der Waals surface area contributed by atoms with Crippen LogP contribution in [-0.4, -0.2) is 45.4 Å². The molecule has 0 saturated heterocycles. The summed E-state index contributed by atoms with van der Waals surface area (Å²) in [6, 6.07) is 10.2. The van der Waals surface area contributed by atoms with E-state index in [1.165, 1.54) is 6.07 Å². The van der Waals surface area contributed by atoms with Gasteiger partial charge in [0, 0.05) is 16.8 Å². The third kappa shape index (κ3) is 5.16. The fourth-order valence-corrected chi connectivity index (χ4v) is 3.50. The van der Waals surface area contributed by atoms with Gasteiger partial charge in [0.15, 0.2) is 11.0 Å². The molecular formula is C20H20ClF2N5OS. The number of hydrogen-bond acceptors (Lipinski definition) is 5. The molecular weight excluding hydrogens is 432 g/mol. The summed E-state index contributed by atoms with van der Waals surface area (Å²) in [5.41, 5.74) is 0.726. The first-order chi connectivity index (χ1) is 14.3. The number of anilines is 1. The number of carbonyl (C=O) groups excluding carboxylic acids is 1. The Bertz CT molecular complexity index is 1040. The number of nitrogens with one attached hydrogen (secondary N) is 1. The molecule has 0 aliphatic heterocycles. The molecule has 1 aromatic heterocycles. The van der Waals surface area contributed by atoms with Gasteiger partial charge >= 0.3 is 0 Å².